The van der Waals surface area contributed by atoms with Gasteiger partial charge >= 0.3 is 0 Å². The molecule has 0 bridgehead atoms. The number of allylic oxidation sites excluding steroid dienone is 4. The van der Waals surface area contributed by atoms with Crippen molar-refractivity contribution in [1.82, 2.24) is 0 Å². The molecule has 86 valence electrons. The topological polar surface area (TPSA) is 50.7 Å². The first kappa shape index (κ1) is 11.1. The first-order valence-electron chi connectivity index (χ1n) is 5.15. The number of anilines is 1. The fourth-order valence-electron chi connectivity index (χ4n) is 1.42. The molecule has 0 heterocycles. The maximum Gasteiger partial charge on any atom is 0.152 e. The maximum absolute atomic E-state index is 10.7. The minimum atomic E-state index is 0.575. The van der Waals surface area contributed by atoms with Crippen LogP contribution in [-0.4, -0.2) is 19.1 Å². The summed E-state index contributed by atoms with van der Waals surface area (Å²) < 4.78 is 5.05. The predicted molar refractivity (Wildman–Crippen MR) is 67.3 cm³/mol. The van der Waals surface area contributed by atoms with Gasteiger partial charge < -0.3 is 4.74 Å². The number of hydrogen-bond donors (Lipinski definition) is 1. The number of aldehydes is 1. The van der Waals surface area contributed by atoms with Crippen molar-refractivity contribution in [2.45, 2.75) is 0 Å². The molecule has 17 heavy (non-hydrogen) atoms. The fourth-order valence-corrected chi connectivity index (χ4v) is 1.42. The molecule has 1 aliphatic rings. The zero-order valence-corrected chi connectivity index (χ0v) is 9.38. The Labute approximate surface area is 99.3 Å². The summed E-state index contributed by atoms with van der Waals surface area (Å²) >= 11 is 0. The highest BCUT2D eigenvalue weighted by atomic mass is 16.5. The van der Waals surface area contributed by atoms with Gasteiger partial charge in [0, 0.05) is 5.57 Å². The smallest absolute Gasteiger partial charge is 0.152 e. The molecule has 2 rings (SSSR count). The number of carbonyl (C=O) groups excluding carboxylic acids is 1. The first-order chi connectivity index (χ1) is 8.33. The number of hydrazone groups is 1. The molecule has 0 aliphatic heterocycles. The van der Waals surface area contributed by atoms with E-state index in [9.17, 15) is 4.79 Å². The van der Waals surface area contributed by atoms with Crippen LogP contribution in [0.1, 0.15) is 0 Å². The molecule has 0 radical (unpaired) electrons. The zero-order valence-electron chi connectivity index (χ0n) is 9.38. The Hall–Kier alpha value is -2.36. The average molecular weight is 228 g/mol. The van der Waals surface area contributed by atoms with Crippen molar-refractivity contribution in [2.75, 3.05) is 12.5 Å². The number of benzene rings is 1. The molecule has 1 aliphatic carbocycles. The van der Waals surface area contributed by atoms with Gasteiger partial charge in [0.05, 0.1) is 18.5 Å². The molecule has 0 unspecified atom stereocenters. The Morgan fingerprint density at radius 3 is 2.71 bits per heavy atom. The maximum atomic E-state index is 10.7. The van der Waals surface area contributed by atoms with Crippen LogP contribution in [0.2, 0.25) is 0 Å². The number of nitrogens with one attached hydrogen (secondary N) is 1. The first-order valence-corrected chi connectivity index (χ1v) is 5.15. The van der Waals surface area contributed by atoms with E-state index in [-0.39, 0.29) is 0 Å². The van der Waals surface area contributed by atoms with Crippen LogP contribution < -0.4 is 10.2 Å². The van der Waals surface area contributed by atoms with Crippen LogP contribution in [0.25, 0.3) is 0 Å². The van der Waals surface area contributed by atoms with E-state index in [1.165, 1.54) is 0 Å². The van der Waals surface area contributed by atoms with E-state index in [1.807, 2.05) is 24.3 Å². The summed E-state index contributed by atoms with van der Waals surface area (Å²) in [7, 11) is 1.62. The molecule has 0 saturated carbocycles. The normalized spacial score (nSPS) is 15.8. The molecule has 0 fully saturated rings. The third-order valence-electron chi connectivity index (χ3n) is 2.35. The van der Waals surface area contributed by atoms with Gasteiger partial charge in [-0.15, -0.1) is 0 Å². The van der Waals surface area contributed by atoms with Crippen LogP contribution >= 0.6 is 0 Å². The molecule has 0 saturated heterocycles. The largest absolute Gasteiger partial charge is 0.497 e. The van der Waals surface area contributed by atoms with Gasteiger partial charge in [0.25, 0.3) is 0 Å². The van der Waals surface area contributed by atoms with Gasteiger partial charge in [-0.2, -0.15) is 5.10 Å². The highest BCUT2D eigenvalue weighted by Crippen LogP contribution is 2.15. The van der Waals surface area contributed by atoms with E-state index in [0.717, 1.165) is 17.7 Å². The Kier molecular flexibility index (Phi) is 3.35. The van der Waals surface area contributed by atoms with Crippen LogP contribution in [0.5, 0.6) is 5.75 Å². The van der Waals surface area contributed by atoms with Crippen LogP contribution in [0, 0.1) is 0 Å². The quantitative estimate of drug-likeness (QED) is 0.634. The molecule has 0 atom stereocenters. The van der Waals surface area contributed by atoms with Crippen molar-refractivity contribution in [3.05, 3.63) is 48.1 Å². The average Bonchev–Trinajstić information content (AvgIpc) is 2.84. The minimum Gasteiger partial charge on any atom is -0.497 e. The second-order valence-electron chi connectivity index (χ2n) is 3.44. The Morgan fingerprint density at radius 1 is 1.29 bits per heavy atom. The second kappa shape index (κ2) is 5.12. The van der Waals surface area contributed by atoms with Crippen molar-refractivity contribution in [3.8, 4) is 5.75 Å². The summed E-state index contributed by atoms with van der Waals surface area (Å²) in [6.07, 6.45) is 6.08. The fraction of sp³-hybridized carbons (Fsp3) is 0.0769. The van der Waals surface area contributed by atoms with Gasteiger partial charge in [0.15, 0.2) is 6.29 Å². The molecular formula is C13H12N2O2. The van der Waals surface area contributed by atoms with Crippen LogP contribution in [-0.2, 0) is 4.79 Å². The molecule has 0 spiro atoms. The molecule has 1 aromatic rings. The molecule has 4 nitrogen and oxygen atoms in total. The summed E-state index contributed by atoms with van der Waals surface area (Å²) in [5, 5.41) is 4.14. The molecule has 0 amide bonds. The van der Waals surface area contributed by atoms with Gasteiger partial charge in [-0.25, -0.2) is 0 Å². The van der Waals surface area contributed by atoms with Gasteiger partial charge in [0.2, 0.25) is 0 Å². The second-order valence-corrected chi connectivity index (χ2v) is 3.44. The van der Waals surface area contributed by atoms with E-state index in [0.29, 0.717) is 11.3 Å². The van der Waals surface area contributed by atoms with Gasteiger partial charge in [-0.3, -0.25) is 10.2 Å². The summed E-state index contributed by atoms with van der Waals surface area (Å²) in [5.41, 5.74) is 4.93. The van der Waals surface area contributed by atoms with Crippen LogP contribution in [0.4, 0.5) is 5.69 Å². The lowest BCUT2D eigenvalue weighted by atomic mass is 10.2. The van der Waals surface area contributed by atoms with E-state index >= 15 is 0 Å². The monoisotopic (exact) mass is 228 g/mol. The van der Waals surface area contributed by atoms with E-state index < -0.39 is 0 Å². The summed E-state index contributed by atoms with van der Waals surface area (Å²) in [6, 6.07) is 7.38. The van der Waals surface area contributed by atoms with Crippen molar-refractivity contribution >= 4 is 17.7 Å². The number of nitrogens with zero attached hydrogens (tertiary/aromatic N) is 1. The third kappa shape index (κ3) is 2.60. The standard InChI is InChI=1S/C13H12N2O2/c1-17-12-7-5-11(6-8-12)14-15-13-4-2-3-10(13)9-16/h2-9,14H,1H3. The van der Waals surface area contributed by atoms with E-state index in [2.05, 4.69) is 10.5 Å². The van der Waals surface area contributed by atoms with Crippen molar-refractivity contribution in [3.63, 3.8) is 0 Å². The van der Waals surface area contributed by atoms with E-state index in [1.54, 1.807) is 25.3 Å². The molecule has 1 aromatic carbocycles. The van der Waals surface area contributed by atoms with Crippen LogP contribution in [0.15, 0.2) is 53.2 Å². The van der Waals surface area contributed by atoms with Gasteiger partial charge in [0.1, 0.15) is 5.75 Å². The predicted octanol–water partition coefficient (Wildman–Crippen LogP) is 2.16. The molecular weight excluding hydrogens is 216 g/mol. The SMILES string of the molecule is COc1ccc(NN=C2C=CC=C2C=O)cc1. The highest BCUT2D eigenvalue weighted by Gasteiger charge is 2.06. The van der Waals surface area contributed by atoms with E-state index in [4.69, 9.17) is 4.74 Å². The van der Waals surface area contributed by atoms with Crippen LogP contribution in [0.3, 0.4) is 0 Å². The van der Waals surface area contributed by atoms with Gasteiger partial charge in [-0.1, -0.05) is 6.08 Å². The third-order valence-corrected chi connectivity index (χ3v) is 2.35. The lowest BCUT2D eigenvalue weighted by Crippen LogP contribution is -2.01. The number of carbonyl (C=O) groups is 1. The highest BCUT2D eigenvalue weighted by molar-refractivity contribution is 6.22. The molecule has 0 aromatic heterocycles. The molecule has 4 heteroatoms. The lowest BCUT2D eigenvalue weighted by Gasteiger charge is -2.03. The molecule has 1 N–H and O–H groups in total. The summed E-state index contributed by atoms with van der Waals surface area (Å²) in [4.78, 5) is 10.7. The number of methoxy groups -OCH3 is 1. The minimum absolute atomic E-state index is 0.575. The number of rotatable bonds is 4. The van der Waals surface area contributed by atoms with Crippen molar-refractivity contribution in [1.29, 1.82) is 0 Å². The Morgan fingerprint density at radius 2 is 2.06 bits per heavy atom. The van der Waals surface area contributed by atoms with Gasteiger partial charge in [-0.05, 0) is 36.4 Å². The Bertz CT molecular complexity index is 499. The number of hydrogen-bond acceptors (Lipinski definition) is 4. The Balaban J connectivity index is 2.06. The van der Waals surface area contributed by atoms with Crippen molar-refractivity contribution < 1.29 is 9.53 Å². The zero-order chi connectivity index (χ0) is 12.1. The summed E-state index contributed by atoms with van der Waals surface area (Å²) in [6.45, 7) is 0. The van der Waals surface area contributed by atoms with Crippen molar-refractivity contribution in [2.24, 2.45) is 5.10 Å². The number of ether oxygens (including phenoxy) is 1. The lowest BCUT2D eigenvalue weighted by molar-refractivity contribution is -0.104. The summed E-state index contributed by atoms with van der Waals surface area (Å²) in [5.74, 6) is 0.789.